The average Bonchev–Trinajstić information content (AvgIpc) is 2.80. The van der Waals surface area contributed by atoms with Gasteiger partial charge in [-0.1, -0.05) is 0 Å². The number of likely N-dealkylation sites (tertiary alicyclic amines) is 1. The van der Waals surface area contributed by atoms with Gasteiger partial charge in [-0.15, -0.1) is 0 Å². The maximum absolute atomic E-state index is 11.6. The van der Waals surface area contributed by atoms with E-state index >= 15 is 0 Å². The molecule has 96 valence electrons. The van der Waals surface area contributed by atoms with Crippen molar-refractivity contribution in [2.75, 3.05) is 13.1 Å². The van der Waals surface area contributed by atoms with Crippen LogP contribution >= 0.6 is 0 Å². The maximum atomic E-state index is 11.6. The first-order valence-electron chi connectivity index (χ1n) is 6.14. The van der Waals surface area contributed by atoms with Crippen LogP contribution < -0.4 is 11.3 Å². The number of amides is 2. The second-order valence-electron chi connectivity index (χ2n) is 4.63. The van der Waals surface area contributed by atoms with Gasteiger partial charge in [0.15, 0.2) is 0 Å². The molecule has 0 radical (unpaired) electrons. The summed E-state index contributed by atoms with van der Waals surface area (Å²) in [5, 5.41) is 0. The number of nitrogens with two attached hydrogens (primary N) is 1. The Hall–Kier alpha value is -1.14. The molecule has 0 aromatic carbocycles. The number of hydrogen-bond acceptors (Lipinski definition) is 4. The summed E-state index contributed by atoms with van der Waals surface area (Å²) in [4.78, 5) is 24.7. The second-order valence-corrected chi connectivity index (χ2v) is 4.63. The summed E-state index contributed by atoms with van der Waals surface area (Å²) in [6.45, 7) is 1.42. The summed E-state index contributed by atoms with van der Waals surface area (Å²) in [5.74, 6) is 4.98. The van der Waals surface area contributed by atoms with Crippen molar-refractivity contribution in [3.05, 3.63) is 0 Å². The minimum atomic E-state index is -0.454. The SMILES string of the molecule is NNC(=O)C1CCC(CN2CCCCC2=O)O1. The fraction of sp³-hybridized carbons (Fsp3) is 0.818. The van der Waals surface area contributed by atoms with E-state index in [9.17, 15) is 9.59 Å². The number of piperidine rings is 1. The summed E-state index contributed by atoms with van der Waals surface area (Å²) < 4.78 is 5.58. The zero-order valence-corrected chi connectivity index (χ0v) is 9.85. The maximum Gasteiger partial charge on any atom is 0.263 e. The molecule has 2 fully saturated rings. The molecule has 6 heteroatoms. The van der Waals surface area contributed by atoms with Crippen LogP contribution in [0.1, 0.15) is 32.1 Å². The molecular formula is C11H19N3O3. The van der Waals surface area contributed by atoms with Gasteiger partial charge in [0.1, 0.15) is 6.10 Å². The lowest BCUT2D eigenvalue weighted by Gasteiger charge is -2.29. The van der Waals surface area contributed by atoms with Crippen molar-refractivity contribution in [3.8, 4) is 0 Å². The van der Waals surface area contributed by atoms with E-state index in [0.29, 0.717) is 19.4 Å². The molecule has 2 amide bonds. The van der Waals surface area contributed by atoms with Crippen molar-refractivity contribution in [2.24, 2.45) is 5.84 Å². The standard InChI is InChI=1S/C11H19N3O3/c12-13-11(16)9-5-4-8(17-9)7-14-6-2-1-3-10(14)15/h8-9H,1-7,12H2,(H,13,16). The monoisotopic (exact) mass is 241 g/mol. The first-order valence-corrected chi connectivity index (χ1v) is 6.14. The molecule has 2 aliphatic rings. The van der Waals surface area contributed by atoms with E-state index in [1.165, 1.54) is 0 Å². The number of carbonyl (C=O) groups excluding carboxylic acids is 2. The topological polar surface area (TPSA) is 84.7 Å². The molecule has 2 aliphatic heterocycles. The Balaban J connectivity index is 1.81. The van der Waals surface area contributed by atoms with Gasteiger partial charge in [-0.2, -0.15) is 0 Å². The zero-order valence-electron chi connectivity index (χ0n) is 9.85. The molecule has 0 aromatic heterocycles. The highest BCUT2D eigenvalue weighted by Gasteiger charge is 2.32. The molecule has 0 aliphatic carbocycles. The third-order valence-corrected chi connectivity index (χ3v) is 3.39. The third-order valence-electron chi connectivity index (χ3n) is 3.39. The van der Waals surface area contributed by atoms with E-state index in [4.69, 9.17) is 10.6 Å². The summed E-state index contributed by atoms with van der Waals surface area (Å²) >= 11 is 0. The predicted molar refractivity (Wildman–Crippen MR) is 60.7 cm³/mol. The first kappa shape index (κ1) is 12.3. The zero-order chi connectivity index (χ0) is 12.3. The van der Waals surface area contributed by atoms with Gasteiger partial charge in [-0.05, 0) is 25.7 Å². The van der Waals surface area contributed by atoms with E-state index in [1.54, 1.807) is 0 Å². The van der Waals surface area contributed by atoms with Gasteiger partial charge in [0.25, 0.3) is 5.91 Å². The molecule has 0 bridgehead atoms. The van der Waals surface area contributed by atoms with Crippen LogP contribution in [0.3, 0.4) is 0 Å². The fourth-order valence-corrected chi connectivity index (χ4v) is 2.43. The van der Waals surface area contributed by atoms with Gasteiger partial charge in [0, 0.05) is 19.5 Å². The molecule has 6 nitrogen and oxygen atoms in total. The number of hydrazine groups is 1. The smallest absolute Gasteiger partial charge is 0.263 e. The van der Waals surface area contributed by atoms with E-state index in [-0.39, 0.29) is 17.9 Å². The van der Waals surface area contributed by atoms with Gasteiger partial charge >= 0.3 is 0 Å². The van der Waals surface area contributed by atoms with Crippen LogP contribution in [-0.2, 0) is 14.3 Å². The molecule has 0 saturated carbocycles. The van der Waals surface area contributed by atoms with E-state index in [1.807, 2.05) is 4.90 Å². The van der Waals surface area contributed by atoms with Crippen molar-refractivity contribution in [3.63, 3.8) is 0 Å². The normalized spacial score (nSPS) is 29.5. The number of nitrogens with zero attached hydrogens (tertiary/aromatic N) is 1. The van der Waals surface area contributed by atoms with Crippen LogP contribution in [0.5, 0.6) is 0 Å². The Kier molecular flexibility index (Phi) is 3.96. The molecule has 0 aromatic rings. The summed E-state index contributed by atoms with van der Waals surface area (Å²) in [6.07, 6.45) is 3.69. The number of hydrogen-bond donors (Lipinski definition) is 2. The van der Waals surface area contributed by atoms with Crippen LogP contribution in [0.25, 0.3) is 0 Å². The van der Waals surface area contributed by atoms with Crippen LogP contribution in [-0.4, -0.2) is 42.0 Å². The Morgan fingerprint density at radius 3 is 3.00 bits per heavy atom. The minimum Gasteiger partial charge on any atom is -0.363 e. The summed E-state index contributed by atoms with van der Waals surface area (Å²) in [6, 6.07) is 0. The van der Waals surface area contributed by atoms with Gasteiger partial charge in [0.2, 0.25) is 5.91 Å². The van der Waals surface area contributed by atoms with Gasteiger partial charge in [-0.25, -0.2) is 5.84 Å². The molecule has 0 spiro atoms. The average molecular weight is 241 g/mol. The molecule has 17 heavy (non-hydrogen) atoms. The quantitative estimate of drug-likeness (QED) is 0.398. The molecule has 2 atom stereocenters. The highest BCUT2D eigenvalue weighted by Crippen LogP contribution is 2.22. The van der Waals surface area contributed by atoms with Crippen LogP contribution in [0.15, 0.2) is 0 Å². The molecule has 3 N–H and O–H groups in total. The number of carbonyl (C=O) groups is 2. The van der Waals surface area contributed by atoms with Crippen molar-refractivity contribution in [1.29, 1.82) is 0 Å². The Labute approximate surface area is 100 Å². The lowest BCUT2D eigenvalue weighted by molar-refractivity contribution is -0.137. The number of rotatable bonds is 3. The molecule has 2 heterocycles. The Morgan fingerprint density at radius 1 is 1.47 bits per heavy atom. The van der Waals surface area contributed by atoms with Crippen molar-refractivity contribution < 1.29 is 14.3 Å². The van der Waals surface area contributed by atoms with Gasteiger partial charge in [0.05, 0.1) is 6.10 Å². The highest BCUT2D eigenvalue weighted by molar-refractivity contribution is 5.80. The second kappa shape index (κ2) is 5.46. The van der Waals surface area contributed by atoms with Crippen LogP contribution in [0.4, 0.5) is 0 Å². The van der Waals surface area contributed by atoms with Gasteiger partial charge in [-0.3, -0.25) is 15.0 Å². The third kappa shape index (κ3) is 2.95. The summed E-state index contributed by atoms with van der Waals surface area (Å²) in [7, 11) is 0. The summed E-state index contributed by atoms with van der Waals surface area (Å²) in [5.41, 5.74) is 2.10. The fourth-order valence-electron chi connectivity index (χ4n) is 2.43. The molecule has 2 unspecified atom stereocenters. The molecular weight excluding hydrogens is 222 g/mol. The van der Waals surface area contributed by atoms with Crippen LogP contribution in [0.2, 0.25) is 0 Å². The van der Waals surface area contributed by atoms with E-state index in [2.05, 4.69) is 5.43 Å². The molecule has 2 rings (SSSR count). The van der Waals surface area contributed by atoms with Crippen LogP contribution in [0, 0.1) is 0 Å². The number of nitrogens with one attached hydrogen (secondary N) is 1. The predicted octanol–water partition coefficient (Wildman–Crippen LogP) is -0.464. The lowest BCUT2D eigenvalue weighted by atomic mass is 10.1. The largest absolute Gasteiger partial charge is 0.363 e. The Bertz CT molecular complexity index is 308. The van der Waals surface area contributed by atoms with E-state index < -0.39 is 6.10 Å². The van der Waals surface area contributed by atoms with Crippen molar-refractivity contribution in [1.82, 2.24) is 10.3 Å². The minimum absolute atomic E-state index is 0.0284. The highest BCUT2D eigenvalue weighted by atomic mass is 16.5. The van der Waals surface area contributed by atoms with Gasteiger partial charge < -0.3 is 9.64 Å². The lowest BCUT2D eigenvalue weighted by Crippen LogP contribution is -2.42. The van der Waals surface area contributed by atoms with E-state index in [0.717, 1.165) is 25.8 Å². The van der Waals surface area contributed by atoms with Crippen molar-refractivity contribution in [2.45, 2.75) is 44.3 Å². The van der Waals surface area contributed by atoms with Crippen molar-refractivity contribution >= 4 is 11.8 Å². The first-order chi connectivity index (χ1) is 8.20. The Morgan fingerprint density at radius 2 is 2.29 bits per heavy atom. The molecule has 2 saturated heterocycles. The number of ether oxygens (including phenoxy) is 1.